The lowest BCUT2D eigenvalue weighted by atomic mass is 10.1. The van der Waals surface area contributed by atoms with E-state index in [1.807, 2.05) is 36.6 Å². The van der Waals surface area contributed by atoms with E-state index in [-0.39, 0.29) is 23.8 Å². The van der Waals surface area contributed by atoms with Gasteiger partial charge in [-0.2, -0.15) is 0 Å². The second-order valence-corrected chi connectivity index (χ2v) is 8.02. The molecule has 2 N–H and O–H groups in total. The summed E-state index contributed by atoms with van der Waals surface area (Å²) in [4.78, 5) is 23.4. The highest BCUT2D eigenvalue weighted by Gasteiger charge is 2.15. The van der Waals surface area contributed by atoms with E-state index in [9.17, 15) is 9.59 Å². The molecule has 0 radical (unpaired) electrons. The molecule has 0 saturated heterocycles. The molecule has 0 aliphatic carbocycles. The lowest BCUT2D eigenvalue weighted by Crippen LogP contribution is -2.15. The highest BCUT2D eigenvalue weighted by molar-refractivity contribution is 7.99. The molecule has 0 spiro atoms. The number of aromatic carboxylic acids is 1. The van der Waals surface area contributed by atoms with Crippen LogP contribution in [0.4, 0.5) is 5.69 Å². The van der Waals surface area contributed by atoms with E-state index in [1.54, 1.807) is 18.2 Å². The molecule has 0 aliphatic rings. The van der Waals surface area contributed by atoms with Crippen molar-refractivity contribution in [3.8, 4) is 5.75 Å². The van der Waals surface area contributed by atoms with Crippen LogP contribution < -0.4 is 10.1 Å². The number of carbonyl (C=O) groups excluding carboxylic acids is 1. The number of anilines is 1. The van der Waals surface area contributed by atoms with Crippen molar-refractivity contribution < 1.29 is 19.4 Å². The van der Waals surface area contributed by atoms with Crippen LogP contribution in [0.2, 0.25) is 0 Å². The van der Waals surface area contributed by atoms with Gasteiger partial charge in [0.05, 0.1) is 11.3 Å². The summed E-state index contributed by atoms with van der Waals surface area (Å²) in [6.45, 7) is 8.48. The van der Waals surface area contributed by atoms with Crippen molar-refractivity contribution in [3.05, 3.63) is 77.6 Å². The number of aromatic nitrogens is 3. The molecular formula is C23H24N4O4S. The Morgan fingerprint density at radius 1 is 1.22 bits per heavy atom. The van der Waals surface area contributed by atoms with Crippen molar-refractivity contribution >= 4 is 29.3 Å². The average Bonchev–Trinajstić information content (AvgIpc) is 3.15. The van der Waals surface area contributed by atoms with Crippen molar-refractivity contribution in [2.24, 2.45) is 0 Å². The monoisotopic (exact) mass is 452 g/mol. The molecule has 3 rings (SSSR count). The number of hydrogen-bond acceptors (Lipinski definition) is 6. The van der Waals surface area contributed by atoms with Gasteiger partial charge in [0.15, 0.2) is 11.0 Å². The third-order valence-electron chi connectivity index (χ3n) is 4.53. The highest BCUT2D eigenvalue weighted by atomic mass is 32.2. The Morgan fingerprint density at radius 2 is 2.03 bits per heavy atom. The second-order valence-electron chi connectivity index (χ2n) is 7.08. The quantitative estimate of drug-likeness (QED) is 0.352. The average molecular weight is 453 g/mol. The minimum Gasteiger partial charge on any atom is -0.485 e. The number of thioether (sulfide) groups is 1. The molecule has 1 aromatic heterocycles. The van der Waals surface area contributed by atoms with Crippen molar-refractivity contribution in [2.45, 2.75) is 32.2 Å². The van der Waals surface area contributed by atoms with Gasteiger partial charge in [0.25, 0.3) is 0 Å². The number of allylic oxidation sites excluding steroid dienone is 1. The molecule has 0 unspecified atom stereocenters. The maximum atomic E-state index is 12.3. The van der Waals surface area contributed by atoms with Crippen molar-refractivity contribution in [1.29, 1.82) is 0 Å². The lowest BCUT2D eigenvalue weighted by Gasteiger charge is -2.11. The summed E-state index contributed by atoms with van der Waals surface area (Å²) >= 11 is 1.23. The number of aryl methyl sites for hydroxylation is 2. The molecular weight excluding hydrogens is 428 g/mol. The van der Waals surface area contributed by atoms with E-state index in [2.05, 4.69) is 22.1 Å². The van der Waals surface area contributed by atoms with Gasteiger partial charge < -0.3 is 15.2 Å². The maximum Gasteiger partial charge on any atom is 0.335 e. The molecule has 1 amide bonds. The topological polar surface area (TPSA) is 106 Å². The molecule has 2 aromatic carbocycles. The number of benzene rings is 2. The van der Waals surface area contributed by atoms with Crippen molar-refractivity contribution in [2.75, 3.05) is 11.1 Å². The van der Waals surface area contributed by atoms with Gasteiger partial charge in [-0.05, 0) is 49.2 Å². The molecule has 8 nitrogen and oxygen atoms in total. The van der Waals surface area contributed by atoms with Gasteiger partial charge in [-0.15, -0.1) is 16.8 Å². The van der Waals surface area contributed by atoms with Gasteiger partial charge in [0, 0.05) is 12.2 Å². The van der Waals surface area contributed by atoms with Gasteiger partial charge in [-0.1, -0.05) is 36.0 Å². The van der Waals surface area contributed by atoms with Crippen molar-refractivity contribution in [1.82, 2.24) is 14.8 Å². The number of carboxylic acids is 1. The third kappa shape index (κ3) is 5.98. The molecule has 1 heterocycles. The molecule has 9 heteroatoms. The van der Waals surface area contributed by atoms with Crippen LogP contribution in [-0.4, -0.2) is 37.5 Å². The number of nitrogens with one attached hydrogen (secondary N) is 1. The molecule has 0 bridgehead atoms. The Morgan fingerprint density at radius 3 is 2.78 bits per heavy atom. The van der Waals surface area contributed by atoms with Crippen LogP contribution in [0.1, 0.15) is 27.3 Å². The normalized spacial score (nSPS) is 10.6. The summed E-state index contributed by atoms with van der Waals surface area (Å²) in [6, 6.07) is 12.1. The standard InChI is InChI=1S/C23H24N4O4S/c1-4-10-27-20(13-31-19-11-15(2)8-9-16(19)3)25-26-23(27)32-14-21(28)24-18-7-5-6-17(12-18)22(29)30/h4-9,11-12H,1,10,13-14H2,2-3H3,(H,24,28)(H,29,30). The summed E-state index contributed by atoms with van der Waals surface area (Å²) in [5.74, 6) is 0.172. The Labute approximate surface area is 190 Å². The predicted octanol–water partition coefficient (Wildman–Crippen LogP) is 4.09. The highest BCUT2D eigenvalue weighted by Crippen LogP contribution is 2.22. The molecule has 3 aromatic rings. The van der Waals surface area contributed by atoms with E-state index in [0.29, 0.717) is 23.2 Å². The van der Waals surface area contributed by atoms with E-state index in [4.69, 9.17) is 9.84 Å². The largest absolute Gasteiger partial charge is 0.485 e. The zero-order valence-corrected chi connectivity index (χ0v) is 18.7. The van der Waals surface area contributed by atoms with E-state index < -0.39 is 5.97 Å². The van der Waals surface area contributed by atoms with Crippen LogP contribution in [-0.2, 0) is 17.9 Å². The number of ether oxygens (including phenoxy) is 1. The number of rotatable bonds is 10. The van der Waals surface area contributed by atoms with Gasteiger partial charge in [-0.25, -0.2) is 4.79 Å². The van der Waals surface area contributed by atoms with Crippen LogP contribution in [0.15, 0.2) is 60.3 Å². The molecule has 0 saturated carbocycles. The number of carboxylic acid groups (broad SMARTS) is 1. The number of hydrogen-bond donors (Lipinski definition) is 2. The fourth-order valence-electron chi connectivity index (χ4n) is 2.91. The first kappa shape index (κ1) is 23.1. The Bertz CT molecular complexity index is 1140. The van der Waals surface area contributed by atoms with Crippen LogP contribution in [0.25, 0.3) is 0 Å². The molecule has 32 heavy (non-hydrogen) atoms. The molecule has 0 fully saturated rings. The maximum absolute atomic E-state index is 12.3. The van der Waals surface area contributed by atoms with Gasteiger partial charge in [-0.3, -0.25) is 9.36 Å². The predicted molar refractivity (Wildman–Crippen MR) is 123 cm³/mol. The SMILES string of the molecule is C=CCn1c(COc2cc(C)ccc2C)nnc1SCC(=O)Nc1cccc(C(=O)O)c1. The number of nitrogens with zero attached hydrogens (tertiary/aromatic N) is 3. The first-order valence-corrected chi connectivity index (χ1v) is 10.8. The smallest absolute Gasteiger partial charge is 0.335 e. The van der Waals surface area contributed by atoms with Crippen LogP contribution in [0.5, 0.6) is 5.75 Å². The van der Waals surface area contributed by atoms with Crippen LogP contribution >= 0.6 is 11.8 Å². The van der Waals surface area contributed by atoms with E-state index >= 15 is 0 Å². The fraction of sp³-hybridized carbons (Fsp3) is 0.217. The van der Waals surface area contributed by atoms with Gasteiger partial charge in [0.1, 0.15) is 12.4 Å². The minimum absolute atomic E-state index is 0.0877. The fourth-order valence-corrected chi connectivity index (χ4v) is 3.67. The Hall–Kier alpha value is -3.59. The zero-order chi connectivity index (χ0) is 23.1. The lowest BCUT2D eigenvalue weighted by molar-refractivity contribution is -0.113. The summed E-state index contributed by atoms with van der Waals surface area (Å²) < 4.78 is 7.79. The zero-order valence-electron chi connectivity index (χ0n) is 17.9. The summed E-state index contributed by atoms with van der Waals surface area (Å²) in [7, 11) is 0. The minimum atomic E-state index is -1.05. The van der Waals surface area contributed by atoms with Crippen molar-refractivity contribution in [3.63, 3.8) is 0 Å². The molecule has 0 aliphatic heterocycles. The summed E-state index contributed by atoms with van der Waals surface area (Å²) in [5, 5.41) is 20.7. The van der Waals surface area contributed by atoms with E-state index in [0.717, 1.165) is 16.9 Å². The van der Waals surface area contributed by atoms with Gasteiger partial charge in [0.2, 0.25) is 5.91 Å². The second kappa shape index (κ2) is 10.6. The van der Waals surface area contributed by atoms with Gasteiger partial charge >= 0.3 is 5.97 Å². The van der Waals surface area contributed by atoms with Crippen LogP contribution in [0.3, 0.4) is 0 Å². The molecule has 166 valence electrons. The summed E-state index contributed by atoms with van der Waals surface area (Å²) in [6.07, 6.45) is 1.73. The number of carbonyl (C=O) groups is 2. The Kier molecular flexibility index (Phi) is 7.67. The number of amides is 1. The third-order valence-corrected chi connectivity index (χ3v) is 5.50. The van der Waals surface area contributed by atoms with E-state index in [1.165, 1.54) is 23.9 Å². The summed E-state index contributed by atoms with van der Waals surface area (Å²) in [5.41, 5.74) is 2.67. The Balaban J connectivity index is 1.64. The first-order valence-electron chi connectivity index (χ1n) is 9.86. The molecule has 0 atom stereocenters. The first-order chi connectivity index (χ1) is 15.4. The van der Waals surface area contributed by atoms with Crippen LogP contribution in [0, 0.1) is 13.8 Å².